The molecule has 0 fully saturated rings. The lowest BCUT2D eigenvalue weighted by Gasteiger charge is -2.35. The largest absolute Gasteiger partial charge is 0.489 e. The maximum atomic E-state index is 12.0. The molecule has 0 radical (unpaired) electrons. The Morgan fingerprint density at radius 2 is 0.907 bits per heavy atom. The Kier molecular flexibility index (Phi) is 13.7. The zero-order valence-electron chi connectivity index (χ0n) is 31.0. The van der Waals surface area contributed by atoms with E-state index >= 15 is 0 Å². The van der Waals surface area contributed by atoms with Crippen molar-refractivity contribution in [3.05, 3.63) is 168 Å². The number of hydrogen-bond acceptors (Lipinski definition) is 8. The lowest BCUT2D eigenvalue weighted by molar-refractivity contribution is -0.140. The summed E-state index contributed by atoms with van der Waals surface area (Å²) in [6.45, 7) is 13.5. The van der Waals surface area contributed by atoms with Gasteiger partial charge >= 0.3 is 11.9 Å². The minimum absolute atomic E-state index is 0.164. The van der Waals surface area contributed by atoms with E-state index in [1.54, 1.807) is 13.8 Å². The van der Waals surface area contributed by atoms with E-state index in [-0.39, 0.29) is 26.4 Å². The second-order valence-electron chi connectivity index (χ2n) is 12.8. The molecule has 0 saturated carbocycles. The summed E-state index contributed by atoms with van der Waals surface area (Å²) in [6.07, 6.45) is 0.871. The van der Waals surface area contributed by atoms with Crippen LogP contribution in [0.1, 0.15) is 50.3 Å². The molecule has 0 aliphatic rings. The third kappa shape index (κ3) is 9.98. The average molecular weight is 727 g/mol. The van der Waals surface area contributed by atoms with Gasteiger partial charge in [0.05, 0.1) is 26.4 Å². The van der Waals surface area contributed by atoms with Gasteiger partial charge in [0.15, 0.2) is 23.0 Å². The van der Waals surface area contributed by atoms with Crippen LogP contribution in [0.4, 0.5) is 0 Å². The molecule has 0 bridgehead atoms. The molecule has 0 aromatic heterocycles. The molecule has 5 aromatic rings. The Hall–Kier alpha value is -6.28. The van der Waals surface area contributed by atoms with E-state index in [4.69, 9.17) is 28.4 Å². The summed E-state index contributed by atoms with van der Waals surface area (Å²) in [7, 11) is 0. The number of ether oxygens (including phenoxy) is 6. The summed E-state index contributed by atoms with van der Waals surface area (Å²) >= 11 is 0. The van der Waals surface area contributed by atoms with E-state index < -0.39 is 17.4 Å². The standard InChI is InChI=1S/C46H46O8/c1-33(2)44(47)51-31-17-29-49-42-38(25-15-27-40(42)53-36-21-11-7-12-22-36)46(5,35-19-9-6-10-20-35)39-26-16-28-41(54-37-23-13-8-14-24-37)43(39)50-30-18-32-52-45(48)34(3)4/h6-16,19-28H,1,3,17-18,29-32H2,2,4-5H3. The summed E-state index contributed by atoms with van der Waals surface area (Å²) in [5, 5.41) is 0. The van der Waals surface area contributed by atoms with Crippen molar-refractivity contribution in [2.45, 2.75) is 39.0 Å². The fourth-order valence-electron chi connectivity index (χ4n) is 5.78. The fourth-order valence-corrected chi connectivity index (χ4v) is 5.78. The molecule has 0 saturated heterocycles. The first-order valence-corrected chi connectivity index (χ1v) is 17.9. The van der Waals surface area contributed by atoms with Gasteiger partial charge < -0.3 is 28.4 Å². The normalized spacial score (nSPS) is 10.9. The van der Waals surface area contributed by atoms with Gasteiger partial charge in [-0.1, -0.05) is 104 Å². The summed E-state index contributed by atoms with van der Waals surface area (Å²) < 4.78 is 36.9. The molecule has 0 aliphatic carbocycles. The lowest BCUT2D eigenvalue weighted by atomic mass is 9.70. The summed E-state index contributed by atoms with van der Waals surface area (Å²) in [5.41, 5.74) is 2.33. The maximum absolute atomic E-state index is 12.0. The van der Waals surface area contributed by atoms with Gasteiger partial charge in [-0.15, -0.1) is 0 Å². The number of carbonyl (C=O) groups is 2. The summed E-state index contributed by atoms with van der Waals surface area (Å²) in [6, 6.07) is 40.8. The number of rotatable bonds is 19. The van der Waals surface area contributed by atoms with Crippen LogP contribution in [0.25, 0.3) is 0 Å². The van der Waals surface area contributed by atoms with Gasteiger partial charge in [-0.25, -0.2) is 9.59 Å². The zero-order valence-corrected chi connectivity index (χ0v) is 31.0. The van der Waals surface area contributed by atoms with Crippen LogP contribution in [0.2, 0.25) is 0 Å². The summed E-state index contributed by atoms with van der Waals surface area (Å²) in [5.74, 6) is 2.46. The van der Waals surface area contributed by atoms with Gasteiger partial charge in [0, 0.05) is 40.5 Å². The van der Waals surface area contributed by atoms with E-state index in [0.717, 1.165) is 16.7 Å². The SMILES string of the molecule is C=C(C)C(=O)OCCCOc1c(Oc2ccccc2)cccc1C(C)(c1ccccc1)c1cccc(Oc2ccccc2)c1OCCCOC(=O)C(=C)C. The monoisotopic (exact) mass is 726 g/mol. The number of hydrogen-bond donors (Lipinski definition) is 0. The van der Waals surface area contributed by atoms with Crippen LogP contribution in [-0.4, -0.2) is 38.4 Å². The molecule has 0 N–H and O–H groups in total. The van der Waals surface area contributed by atoms with Gasteiger partial charge in [0.1, 0.15) is 11.5 Å². The molecule has 5 rings (SSSR count). The third-order valence-electron chi connectivity index (χ3n) is 8.56. The minimum atomic E-state index is -0.906. The minimum Gasteiger partial charge on any atom is -0.489 e. The Morgan fingerprint density at radius 3 is 1.30 bits per heavy atom. The van der Waals surface area contributed by atoms with Gasteiger partial charge in [-0.05, 0) is 62.7 Å². The molecule has 0 unspecified atom stereocenters. The van der Waals surface area contributed by atoms with Crippen molar-refractivity contribution in [2.24, 2.45) is 0 Å². The van der Waals surface area contributed by atoms with E-state index in [0.29, 0.717) is 58.5 Å². The Labute approximate surface area is 317 Å². The molecule has 0 atom stereocenters. The maximum Gasteiger partial charge on any atom is 0.333 e. The molecule has 54 heavy (non-hydrogen) atoms. The van der Waals surface area contributed by atoms with Crippen molar-refractivity contribution in [3.8, 4) is 34.5 Å². The fraction of sp³-hybridized carbons (Fsp3) is 0.217. The van der Waals surface area contributed by atoms with Gasteiger partial charge in [0.25, 0.3) is 0 Å². The number of para-hydroxylation sites is 4. The van der Waals surface area contributed by atoms with Gasteiger partial charge in [-0.3, -0.25) is 0 Å². The molecule has 8 heteroatoms. The first-order valence-electron chi connectivity index (χ1n) is 17.9. The quantitative estimate of drug-likeness (QED) is 0.0360. The predicted molar refractivity (Wildman–Crippen MR) is 210 cm³/mol. The molecule has 278 valence electrons. The van der Waals surface area contributed by atoms with Gasteiger partial charge in [0.2, 0.25) is 0 Å². The number of esters is 2. The first kappa shape index (κ1) is 38.9. The topological polar surface area (TPSA) is 89.5 Å². The molecular weight excluding hydrogens is 680 g/mol. The van der Waals surface area contributed by atoms with Gasteiger partial charge in [-0.2, -0.15) is 0 Å². The highest BCUT2D eigenvalue weighted by molar-refractivity contribution is 5.87. The highest BCUT2D eigenvalue weighted by atomic mass is 16.5. The van der Waals surface area contributed by atoms with Crippen LogP contribution >= 0.6 is 0 Å². The van der Waals surface area contributed by atoms with Crippen molar-refractivity contribution >= 4 is 11.9 Å². The van der Waals surface area contributed by atoms with Crippen LogP contribution in [-0.2, 0) is 24.5 Å². The average Bonchev–Trinajstić information content (AvgIpc) is 3.19. The van der Waals surface area contributed by atoms with Crippen molar-refractivity contribution in [1.82, 2.24) is 0 Å². The van der Waals surface area contributed by atoms with E-state index in [1.807, 2.05) is 115 Å². The van der Waals surface area contributed by atoms with Crippen LogP contribution < -0.4 is 18.9 Å². The number of benzene rings is 5. The number of carbonyl (C=O) groups excluding carboxylic acids is 2. The molecule has 0 aliphatic heterocycles. The summed E-state index contributed by atoms with van der Waals surface area (Å²) in [4.78, 5) is 24.1. The second kappa shape index (κ2) is 19.0. The van der Waals surface area contributed by atoms with Crippen LogP contribution in [0.15, 0.2) is 152 Å². The third-order valence-corrected chi connectivity index (χ3v) is 8.56. The Bertz CT molecular complexity index is 1900. The first-order chi connectivity index (χ1) is 26.2. The van der Waals surface area contributed by atoms with Crippen LogP contribution in [0.5, 0.6) is 34.5 Å². The Balaban J connectivity index is 1.62. The van der Waals surface area contributed by atoms with Crippen molar-refractivity contribution < 1.29 is 38.0 Å². The zero-order chi connectivity index (χ0) is 38.3. The second-order valence-corrected chi connectivity index (χ2v) is 12.8. The molecule has 5 aromatic carbocycles. The molecule has 0 spiro atoms. The van der Waals surface area contributed by atoms with Crippen LogP contribution in [0, 0.1) is 0 Å². The van der Waals surface area contributed by atoms with E-state index in [2.05, 4.69) is 32.2 Å². The van der Waals surface area contributed by atoms with E-state index in [9.17, 15) is 9.59 Å². The smallest absolute Gasteiger partial charge is 0.333 e. The van der Waals surface area contributed by atoms with Crippen LogP contribution in [0.3, 0.4) is 0 Å². The molecule has 8 nitrogen and oxygen atoms in total. The molecule has 0 amide bonds. The Morgan fingerprint density at radius 1 is 0.519 bits per heavy atom. The van der Waals surface area contributed by atoms with E-state index in [1.165, 1.54) is 0 Å². The highest BCUT2D eigenvalue weighted by Crippen LogP contribution is 2.51. The molecule has 0 heterocycles. The highest BCUT2D eigenvalue weighted by Gasteiger charge is 2.39. The van der Waals surface area contributed by atoms with Crippen molar-refractivity contribution in [3.63, 3.8) is 0 Å². The predicted octanol–water partition coefficient (Wildman–Crippen LogP) is 10.4. The van der Waals surface area contributed by atoms with Crippen molar-refractivity contribution in [1.29, 1.82) is 0 Å². The van der Waals surface area contributed by atoms with Crippen molar-refractivity contribution in [2.75, 3.05) is 26.4 Å². The molecular formula is C46H46O8. The lowest BCUT2D eigenvalue weighted by Crippen LogP contribution is -2.28.